The topological polar surface area (TPSA) is 61.4 Å². The van der Waals surface area contributed by atoms with Crippen molar-refractivity contribution in [1.82, 2.24) is 15.5 Å². The van der Waals surface area contributed by atoms with Crippen LogP contribution in [0.1, 0.15) is 49.4 Å². The smallest absolute Gasteiger partial charge is 0.251 e. The van der Waals surface area contributed by atoms with Crippen molar-refractivity contribution in [3.05, 3.63) is 34.9 Å². The summed E-state index contributed by atoms with van der Waals surface area (Å²) in [4.78, 5) is 26.2. The van der Waals surface area contributed by atoms with E-state index in [-0.39, 0.29) is 11.8 Å². The van der Waals surface area contributed by atoms with E-state index in [4.69, 9.17) is 11.6 Å². The van der Waals surface area contributed by atoms with E-state index in [1.165, 1.54) is 25.9 Å². The lowest BCUT2D eigenvalue weighted by atomic mass is 9.99. The number of carbonyl (C=O) groups is 2. The van der Waals surface area contributed by atoms with Gasteiger partial charge in [0, 0.05) is 30.1 Å². The molecule has 0 radical (unpaired) electrons. The molecule has 0 atom stereocenters. The van der Waals surface area contributed by atoms with E-state index in [1.807, 2.05) is 0 Å². The second-order valence-corrected chi connectivity index (χ2v) is 7.53. The van der Waals surface area contributed by atoms with Crippen LogP contribution in [0, 0.1) is 5.92 Å². The van der Waals surface area contributed by atoms with Gasteiger partial charge in [-0.25, -0.2) is 0 Å². The highest BCUT2D eigenvalue weighted by atomic mass is 35.5. The first-order chi connectivity index (χ1) is 12.5. The van der Waals surface area contributed by atoms with Gasteiger partial charge < -0.3 is 15.5 Å². The zero-order chi connectivity index (χ0) is 18.8. The van der Waals surface area contributed by atoms with Crippen LogP contribution >= 0.6 is 11.6 Å². The molecule has 0 saturated carbocycles. The molecule has 0 unspecified atom stereocenters. The minimum absolute atomic E-state index is 0.0537. The Morgan fingerprint density at radius 3 is 2.42 bits per heavy atom. The Morgan fingerprint density at radius 1 is 1.08 bits per heavy atom. The van der Waals surface area contributed by atoms with Crippen LogP contribution < -0.4 is 10.6 Å². The predicted molar refractivity (Wildman–Crippen MR) is 105 cm³/mol. The Labute approximate surface area is 161 Å². The van der Waals surface area contributed by atoms with Gasteiger partial charge in [0.2, 0.25) is 5.91 Å². The van der Waals surface area contributed by atoms with Crippen LogP contribution in [-0.2, 0) is 4.79 Å². The molecule has 1 aliphatic heterocycles. The summed E-state index contributed by atoms with van der Waals surface area (Å²) in [6, 6.07) is 6.75. The standard InChI is InChI=1S/C20H30ClN3O2/c1-16-9-14-24(15-10-16)13-3-12-22-19(25)4-2-11-23-20(26)17-5-7-18(21)8-6-17/h5-8,16H,2-4,9-15H2,1H3,(H,22,25)(H,23,26). The minimum atomic E-state index is -0.141. The Hall–Kier alpha value is -1.59. The largest absolute Gasteiger partial charge is 0.356 e. The highest BCUT2D eigenvalue weighted by Crippen LogP contribution is 2.15. The first-order valence-electron chi connectivity index (χ1n) is 9.57. The molecule has 1 heterocycles. The van der Waals surface area contributed by atoms with Gasteiger partial charge in [-0.3, -0.25) is 9.59 Å². The molecule has 1 aromatic carbocycles. The molecular formula is C20H30ClN3O2. The van der Waals surface area contributed by atoms with E-state index >= 15 is 0 Å². The molecule has 1 saturated heterocycles. The van der Waals surface area contributed by atoms with Crippen LogP contribution in [0.5, 0.6) is 0 Å². The molecule has 1 aromatic rings. The van der Waals surface area contributed by atoms with Crippen LogP contribution in [0.15, 0.2) is 24.3 Å². The van der Waals surface area contributed by atoms with E-state index in [0.29, 0.717) is 30.0 Å². The fraction of sp³-hybridized carbons (Fsp3) is 0.600. The van der Waals surface area contributed by atoms with Crippen molar-refractivity contribution < 1.29 is 9.59 Å². The fourth-order valence-electron chi connectivity index (χ4n) is 3.06. The Kier molecular flexibility index (Phi) is 8.92. The second-order valence-electron chi connectivity index (χ2n) is 7.09. The van der Waals surface area contributed by atoms with Gasteiger partial charge in [0.25, 0.3) is 5.91 Å². The monoisotopic (exact) mass is 379 g/mol. The van der Waals surface area contributed by atoms with Crippen LogP contribution in [-0.4, -0.2) is 49.4 Å². The van der Waals surface area contributed by atoms with Crippen molar-refractivity contribution >= 4 is 23.4 Å². The lowest BCUT2D eigenvalue weighted by Gasteiger charge is -2.30. The van der Waals surface area contributed by atoms with Crippen LogP contribution in [0.4, 0.5) is 0 Å². The van der Waals surface area contributed by atoms with Gasteiger partial charge in [-0.2, -0.15) is 0 Å². The van der Waals surface area contributed by atoms with Crippen molar-refractivity contribution in [2.75, 3.05) is 32.7 Å². The first-order valence-corrected chi connectivity index (χ1v) is 9.95. The molecular weight excluding hydrogens is 350 g/mol. The molecule has 0 spiro atoms. The van der Waals surface area contributed by atoms with Crippen LogP contribution in [0.25, 0.3) is 0 Å². The lowest BCUT2D eigenvalue weighted by Crippen LogP contribution is -2.35. The fourth-order valence-corrected chi connectivity index (χ4v) is 3.18. The molecule has 2 amide bonds. The molecule has 1 aliphatic rings. The SMILES string of the molecule is CC1CCN(CCCNC(=O)CCCNC(=O)c2ccc(Cl)cc2)CC1. The van der Waals surface area contributed by atoms with Gasteiger partial charge in [0.1, 0.15) is 0 Å². The third-order valence-corrected chi connectivity index (χ3v) is 5.07. The van der Waals surface area contributed by atoms with Gasteiger partial charge in [-0.15, -0.1) is 0 Å². The number of nitrogens with one attached hydrogen (secondary N) is 2. The summed E-state index contributed by atoms with van der Waals surface area (Å²) in [5.41, 5.74) is 0.575. The number of amides is 2. The molecule has 0 aliphatic carbocycles. The Balaban J connectivity index is 1.48. The summed E-state index contributed by atoms with van der Waals surface area (Å²) in [7, 11) is 0. The predicted octanol–water partition coefficient (Wildman–Crippen LogP) is 3.09. The number of likely N-dealkylation sites (tertiary alicyclic amines) is 1. The maximum atomic E-state index is 11.9. The first kappa shape index (κ1) is 20.7. The summed E-state index contributed by atoms with van der Waals surface area (Å²) in [5, 5.41) is 6.39. The Bertz CT molecular complexity index is 569. The van der Waals surface area contributed by atoms with E-state index < -0.39 is 0 Å². The highest BCUT2D eigenvalue weighted by molar-refractivity contribution is 6.30. The van der Waals surface area contributed by atoms with Crippen molar-refractivity contribution in [3.8, 4) is 0 Å². The van der Waals surface area contributed by atoms with Crippen LogP contribution in [0.2, 0.25) is 5.02 Å². The second kappa shape index (κ2) is 11.2. The Morgan fingerprint density at radius 2 is 1.73 bits per heavy atom. The van der Waals surface area contributed by atoms with E-state index in [1.54, 1.807) is 24.3 Å². The number of rotatable bonds is 9. The average molecular weight is 380 g/mol. The number of hydrogen-bond acceptors (Lipinski definition) is 3. The summed E-state index contributed by atoms with van der Waals surface area (Å²) in [5.74, 6) is 0.766. The van der Waals surface area contributed by atoms with Crippen molar-refractivity contribution in [2.24, 2.45) is 5.92 Å². The summed E-state index contributed by atoms with van der Waals surface area (Å²) in [6.07, 6.45) is 4.63. The van der Waals surface area contributed by atoms with Crippen molar-refractivity contribution in [2.45, 2.75) is 39.0 Å². The number of halogens is 1. The molecule has 26 heavy (non-hydrogen) atoms. The molecule has 5 nitrogen and oxygen atoms in total. The zero-order valence-corrected chi connectivity index (χ0v) is 16.4. The normalized spacial score (nSPS) is 15.6. The molecule has 6 heteroatoms. The number of nitrogens with zero attached hydrogens (tertiary/aromatic N) is 1. The summed E-state index contributed by atoms with van der Waals surface area (Å²) in [6.45, 7) is 6.95. The molecule has 2 N–H and O–H groups in total. The molecule has 0 bridgehead atoms. The number of piperidine rings is 1. The lowest BCUT2D eigenvalue weighted by molar-refractivity contribution is -0.121. The third-order valence-electron chi connectivity index (χ3n) is 4.82. The quantitative estimate of drug-likeness (QED) is 0.648. The highest BCUT2D eigenvalue weighted by Gasteiger charge is 2.14. The van der Waals surface area contributed by atoms with Gasteiger partial charge >= 0.3 is 0 Å². The van der Waals surface area contributed by atoms with Crippen molar-refractivity contribution in [3.63, 3.8) is 0 Å². The minimum Gasteiger partial charge on any atom is -0.356 e. The van der Waals surface area contributed by atoms with E-state index in [0.717, 1.165) is 25.4 Å². The summed E-state index contributed by atoms with van der Waals surface area (Å²) >= 11 is 5.80. The average Bonchev–Trinajstić information content (AvgIpc) is 2.64. The van der Waals surface area contributed by atoms with Crippen molar-refractivity contribution in [1.29, 1.82) is 0 Å². The molecule has 2 rings (SSSR count). The zero-order valence-electron chi connectivity index (χ0n) is 15.6. The molecule has 144 valence electrons. The third kappa shape index (κ3) is 7.75. The molecule has 1 fully saturated rings. The van der Waals surface area contributed by atoms with Gasteiger partial charge in [0.15, 0.2) is 0 Å². The van der Waals surface area contributed by atoms with Gasteiger partial charge in [-0.1, -0.05) is 18.5 Å². The number of benzene rings is 1. The van der Waals surface area contributed by atoms with Gasteiger partial charge in [0.05, 0.1) is 0 Å². The van der Waals surface area contributed by atoms with E-state index in [9.17, 15) is 9.59 Å². The maximum Gasteiger partial charge on any atom is 0.251 e. The van der Waals surface area contributed by atoms with Crippen LogP contribution in [0.3, 0.4) is 0 Å². The number of hydrogen-bond donors (Lipinski definition) is 2. The van der Waals surface area contributed by atoms with E-state index in [2.05, 4.69) is 22.5 Å². The summed E-state index contributed by atoms with van der Waals surface area (Å²) < 4.78 is 0. The van der Waals surface area contributed by atoms with Gasteiger partial charge in [-0.05, 0) is 75.5 Å². The maximum absolute atomic E-state index is 11.9. The molecule has 0 aromatic heterocycles. The number of carbonyl (C=O) groups excluding carboxylic acids is 2.